The molecule has 9 unspecified atom stereocenters. The summed E-state index contributed by atoms with van der Waals surface area (Å²) in [4.78, 5) is 0. The van der Waals surface area contributed by atoms with E-state index in [4.69, 9.17) is 0 Å². The molecule has 0 saturated heterocycles. The second-order valence-electron chi connectivity index (χ2n) is 9.37. The zero-order valence-electron chi connectivity index (χ0n) is 26.6. The van der Waals surface area contributed by atoms with Gasteiger partial charge in [-0.2, -0.15) is 0 Å². The molecule has 0 amide bonds. The highest BCUT2D eigenvalue weighted by Crippen LogP contribution is 2.57. The van der Waals surface area contributed by atoms with E-state index >= 15 is 0 Å². The topological polar surface area (TPSA) is 26.0 Å². The normalized spacial score (nSPS) is 34.6. The van der Waals surface area contributed by atoms with Crippen LogP contribution in [0.15, 0.2) is 12.2 Å². The van der Waals surface area contributed by atoms with E-state index in [-0.39, 0.29) is 0 Å². The molecule has 4 aliphatic rings. The van der Waals surface area contributed by atoms with Gasteiger partial charge in [-0.1, -0.05) is 115 Å². The van der Waals surface area contributed by atoms with Crippen molar-refractivity contribution in [3.8, 4) is 0 Å². The van der Waals surface area contributed by atoms with Crippen molar-refractivity contribution in [3.63, 3.8) is 0 Å². The molecule has 3 saturated carbocycles. The zero-order valence-corrected chi connectivity index (χ0v) is 26.6. The van der Waals surface area contributed by atoms with Gasteiger partial charge >= 0.3 is 0 Å². The summed E-state index contributed by atoms with van der Waals surface area (Å²) in [6.45, 7) is 27.4. The lowest BCUT2D eigenvalue weighted by molar-refractivity contribution is 0.0257. The number of nitrogens with two attached hydrogens (primary N) is 1. The third-order valence-electron chi connectivity index (χ3n) is 8.63. The zero-order chi connectivity index (χ0) is 27.3. The lowest BCUT2D eigenvalue weighted by Gasteiger charge is -2.51. The molecule has 4 rings (SSSR count). The Kier molecular flexibility index (Phi) is 27.4. The van der Waals surface area contributed by atoms with Gasteiger partial charge in [-0.05, 0) is 98.8 Å². The first-order valence-corrected chi connectivity index (χ1v) is 15.9. The van der Waals surface area contributed by atoms with Gasteiger partial charge in [0.05, 0.1) is 0 Å². The molecule has 0 aliphatic heterocycles. The van der Waals surface area contributed by atoms with E-state index in [1.807, 2.05) is 69.2 Å². The molecule has 1 heteroatoms. The summed E-state index contributed by atoms with van der Waals surface area (Å²) < 4.78 is 0. The van der Waals surface area contributed by atoms with Gasteiger partial charge in [-0.3, -0.25) is 0 Å². The van der Waals surface area contributed by atoms with Crippen molar-refractivity contribution in [2.24, 2.45) is 59.0 Å². The first-order chi connectivity index (χ1) is 16.7. The number of hydrogen-bond donors (Lipinski definition) is 1. The van der Waals surface area contributed by atoms with Crippen molar-refractivity contribution in [1.82, 2.24) is 0 Å². The Hall–Kier alpha value is -0.300. The molecule has 3 fully saturated rings. The smallest absolute Gasteiger partial charge is 0.0171 e. The second-order valence-corrected chi connectivity index (χ2v) is 9.37. The Morgan fingerprint density at radius 3 is 1.62 bits per heavy atom. The van der Waals surface area contributed by atoms with E-state index in [1.165, 1.54) is 45.6 Å². The summed E-state index contributed by atoms with van der Waals surface area (Å²) in [5.41, 5.74) is 4.50. The van der Waals surface area contributed by atoms with Crippen LogP contribution in [-0.2, 0) is 0 Å². The fraction of sp³-hybridized carbons (Fsp3) is 0.939. The minimum absolute atomic E-state index is 0.935. The molecule has 1 nitrogen and oxygen atoms in total. The van der Waals surface area contributed by atoms with Crippen LogP contribution < -0.4 is 5.73 Å². The number of rotatable bonds is 2. The maximum atomic E-state index is 4.50. The third-order valence-corrected chi connectivity index (χ3v) is 8.63. The minimum Gasteiger partial charge on any atom is -0.333 e. The maximum absolute atomic E-state index is 4.50. The van der Waals surface area contributed by atoms with E-state index in [0.29, 0.717) is 0 Å². The summed E-state index contributed by atoms with van der Waals surface area (Å²) in [5.74, 6) is 9.09. The Morgan fingerprint density at radius 2 is 1.09 bits per heavy atom. The van der Waals surface area contributed by atoms with Crippen LogP contribution in [0.1, 0.15) is 141 Å². The molecular weight excluding hydrogens is 410 g/mol. The lowest BCUT2D eigenvalue weighted by Crippen LogP contribution is -2.43. The molecule has 0 aromatic heterocycles. The molecule has 0 aromatic carbocycles. The molecule has 0 bridgehead atoms. The molecule has 0 heterocycles. The highest BCUT2D eigenvalue weighted by Gasteiger charge is 2.49. The highest BCUT2D eigenvalue weighted by molar-refractivity contribution is 5.12. The van der Waals surface area contributed by atoms with Crippen molar-refractivity contribution in [2.75, 3.05) is 7.05 Å². The number of hydrogen-bond acceptors (Lipinski definition) is 1. The van der Waals surface area contributed by atoms with Crippen molar-refractivity contribution in [1.29, 1.82) is 0 Å². The Bertz CT molecular complexity index is 428. The van der Waals surface area contributed by atoms with E-state index in [9.17, 15) is 0 Å². The molecule has 0 spiro atoms. The SMILES string of the molecule is CC.CC.CC.CC.CC.CCC(C)C1CCC2C(C=CC3C4CCC(C)C4CCC32)C1.CN. The first kappa shape index (κ1) is 38.2. The second kappa shape index (κ2) is 24.4. The van der Waals surface area contributed by atoms with E-state index < -0.39 is 0 Å². The van der Waals surface area contributed by atoms with Crippen molar-refractivity contribution in [3.05, 3.63) is 12.2 Å². The van der Waals surface area contributed by atoms with Crippen molar-refractivity contribution < 1.29 is 0 Å². The third kappa shape index (κ3) is 10.4. The molecule has 208 valence electrons. The molecule has 0 aromatic rings. The van der Waals surface area contributed by atoms with Crippen molar-refractivity contribution in [2.45, 2.75) is 141 Å². The van der Waals surface area contributed by atoms with Gasteiger partial charge < -0.3 is 5.73 Å². The first-order valence-electron chi connectivity index (χ1n) is 15.9. The van der Waals surface area contributed by atoms with E-state index in [0.717, 1.165) is 53.3 Å². The molecule has 0 radical (unpaired) electrons. The fourth-order valence-corrected chi connectivity index (χ4v) is 7.10. The maximum Gasteiger partial charge on any atom is -0.0171 e. The van der Waals surface area contributed by atoms with E-state index in [1.54, 1.807) is 12.8 Å². The standard InChI is InChI=1S/C22H36.5C2H6.CH5N/c1-4-14(2)16-6-9-19-17(13-16)7-10-22-20-8-5-15(3)18(20)11-12-21(19)22;6*1-2/h7,10,14-22H,4-6,8-9,11-13H2,1-3H3;5*1-2H3;2H2,1H3. The fourth-order valence-electron chi connectivity index (χ4n) is 7.10. The summed E-state index contributed by atoms with van der Waals surface area (Å²) in [5, 5.41) is 0. The quantitative estimate of drug-likeness (QED) is 0.390. The van der Waals surface area contributed by atoms with Gasteiger partial charge in [0.1, 0.15) is 0 Å². The average Bonchev–Trinajstić information content (AvgIpc) is 3.35. The molecular formula is C33H71N. The summed E-state index contributed by atoms with van der Waals surface area (Å²) in [7, 11) is 1.50. The van der Waals surface area contributed by atoms with Gasteiger partial charge in [0, 0.05) is 0 Å². The van der Waals surface area contributed by atoms with Gasteiger partial charge in [-0.15, -0.1) is 0 Å². The van der Waals surface area contributed by atoms with Crippen LogP contribution in [0.4, 0.5) is 0 Å². The van der Waals surface area contributed by atoms with Crippen LogP contribution in [-0.4, -0.2) is 7.05 Å². The summed E-state index contributed by atoms with van der Waals surface area (Å²) in [6.07, 6.45) is 17.5. The van der Waals surface area contributed by atoms with Crippen LogP contribution in [0, 0.1) is 53.3 Å². The Balaban J connectivity index is -0.000000704. The monoisotopic (exact) mass is 482 g/mol. The molecule has 4 aliphatic carbocycles. The van der Waals surface area contributed by atoms with Gasteiger partial charge in [0.15, 0.2) is 0 Å². The average molecular weight is 482 g/mol. The Morgan fingerprint density at radius 1 is 0.647 bits per heavy atom. The highest BCUT2D eigenvalue weighted by atomic mass is 14.5. The van der Waals surface area contributed by atoms with Crippen LogP contribution in [0.2, 0.25) is 0 Å². The van der Waals surface area contributed by atoms with Crippen LogP contribution in [0.5, 0.6) is 0 Å². The number of allylic oxidation sites excluding steroid dienone is 2. The van der Waals surface area contributed by atoms with E-state index in [2.05, 4.69) is 38.7 Å². The van der Waals surface area contributed by atoms with Crippen LogP contribution in [0.25, 0.3) is 0 Å². The van der Waals surface area contributed by atoms with Gasteiger partial charge in [0.25, 0.3) is 0 Å². The van der Waals surface area contributed by atoms with Crippen molar-refractivity contribution >= 4 is 0 Å². The van der Waals surface area contributed by atoms with Crippen LogP contribution in [0.3, 0.4) is 0 Å². The molecule has 34 heavy (non-hydrogen) atoms. The predicted molar refractivity (Wildman–Crippen MR) is 161 cm³/mol. The van der Waals surface area contributed by atoms with Gasteiger partial charge in [0.2, 0.25) is 0 Å². The summed E-state index contributed by atoms with van der Waals surface area (Å²) in [6, 6.07) is 0. The molecule has 2 N–H and O–H groups in total. The minimum atomic E-state index is 0.935. The van der Waals surface area contributed by atoms with Gasteiger partial charge in [-0.25, -0.2) is 0 Å². The number of fused-ring (bicyclic) bond motifs is 5. The lowest BCUT2D eigenvalue weighted by atomic mass is 9.54. The Labute approximate surface area is 219 Å². The predicted octanol–water partition coefficient (Wildman–Crippen LogP) is 11.0. The largest absolute Gasteiger partial charge is 0.333 e. The van der Waals surface area contributed by atoms with Crippen LogP contribution >= 0.6 is 0 Å². The molecule has 9 atom stereocenters. The summed E-state index contributed by atoms with van der Waals surface area (Å²) >= 11 is 0.